The van der Waals surface area contributed by atoms with E-state index >= 15 is 0 Å². The summed E-state index contributed by atoms with van der Waals surface area (Å²) in [6.07, 6.45) is 0. The van der Waals surface area contributed by atoms with Gasteiger partial charge in [-0.05, 0) is 25.5 Å². The second-order valence-electron chi connectivity index (χ2n) is 4.98. The topological polar surface area (TPSA) is 41.3 Å². The number of oxazole rings is 1. The Morgan fingerprint density at radius 3 is 2.71 bits per heavy atom. The number of nitrogens with zero attached hydrogens (tertiary/aromatic N) is 2. The number of para-hydroxylation sites is 1. The van der Waals surface area contributed by atoms with Crippen molar-refractivity contribution in [2.45, 2.75) is 26.9 Å². The number of fused-ring (bicyclic) bond motifs is 1. The maximum Gasteiger partial charge on any atom is 0.214 e. The van der Waals surface area contributed by atoms with E-state index in [1.165, 1.54) is 11.3 Å². The van der Waals surface area contributed by atoms with Crippen molar-refractivity contribution in [2.75, 3.05) is 18.0 Å². The summed E-state index contributed by atoms with van der Waals surface area (Å²) in [5.74, 6) is 1.71. The number of hydrogen-bond acceptors (Lipinski definition) is 4. The van der Waals surface area contributed by atoms with Gasteiger partial charge in [-0.15, -0.1) is 24.8 Å². The van der Waals surface area contributed by atoms with Crippen LogP contribution < -0.4 is 10.2 Å². The van der Waals surface area contributed by atoms with Crippen LogP contribution >= 0.6 is 24.8 Å². The smallest absolute Gasteiger partial charge is 0.214 e. The molecule has 0 aliphatic carbocycles. The molecule has 0 radical (unpaired) electrons. The molecule has 1 aliphatic rings. The third-order valence-corrected chi connectivity index (χ3v) is 3.61. The minimum atomic E-state index is 0. The first kappa shape index (κ1) is 17.8. The lowest BCUT2D eigenvalue weighted by Gasteiger charge is -2.22. The van der Waals surface area contributed by atoms with Crippen molar-refractivity contribution in [3.63, 3.8) is 0 Å². The predicted molar refractivity (Wildman–Crippen MR) is 89.7 cm³/mol. The highest BCUT2D eigenvalue weighted by molar-refractivity contribution is 5.85. The Morgan fingerprint density at radius 1 is 1.24 bits per heavy atom. The highest BCUT2D eigenvalue weighted by Gasteiger charge is 2.17. The van der Waals surface area contributed by atoms with Crippen molar-refractivity contribution in [1.82, 2.24) is 10.3 Å². The highest BCUT2D eigenvalue weighted by Crippen LogP contribution is 2.24. The van der Waals surface area contributed by atoms with Gasteiger partial charge in [0.2, 0.25) is 5.89 Å². The second-order valence-corrected chi connectivity index (χ2v) is 4.98. The number of aromatic nitrogens is 1. The molecule has 4 nitrogen and oxygen atoms in total. The summed E-state index contributed by atoms with van der Waals surface area (Å²) in [4.78, 5) is 6.81. The van der Waals surface area contributed by atoms with E-state index in [0.29, 0.717) is 0 Å². The molecule has 0 spiro atoms. The van der Waals surface area contributed by atoms with Crippen molar-refractivity contribution >= 4 is 30.5 Å². The van der Waals surface area contributed by atoms with Crippen molar-refractivity contribution in [3.05, 3.63) is 47.2 Å². The van der Waals surface area contributed by atoms with Crippen LogP contribution in [0.2, 0.25) is 0 Å². The minimum absolute atomic E-state index is 0. The number of anilines is 1. The van der Waals surface area contributed by atoms with E-state index in [2.05, 4.69) is 39.5 Å². The van der Waals surface area contributed by atoms with Gasteiger partial charge in [0.15, 0.2) is 0 Å². The standard InChI is InChI=1S/C15H19N3O.2ClH/c1-11-12(2)19-15(17-11)10-18-8-7-16-9-13-5-3-4-6-14(13)18;;/h3-6,16H,7-10H2,1-2H3;2*1H. The number of halogens is 2. The quantitative estimate of drug-likeness (QED) is 0.918. The molecular formula is C15H21Cl2N3O. The second kappa shape index (κ2) is 7.69. The van der Waals surface area contributed by atoms with Crippen LogP contribution in [0, 0.1) is 13.8 Å². The lowest BCUT2D eigenvalue weighted by Crippen LogP contribution is -2.28. The molecule has 0 fully saturated rings. The van der Waals surface area contributed by atoms with Gasteiger partial charge in [-0.25, -0.2) is 4.98 Å². The molecular weight excluding hydrogens is 309 g/mol. The average molecular weight is 330 g/mol. The average Bonchev–Trinajstić information content (AvgIpc) is 2.62. The van der Waals surface area contributed by atoms with E-state index in [1.54, 1.807) is 0 Å². The van der Waals surface area contributed by atoms with E-state index in [-0.39, 0.29) is 24.8 Å². The van der Waals surface area contributed by atoms with Gasteiger partial charge in [-0.2, -0.15) is 0 Å². The summed E-state index contributed by atoms with van der Waals surface area (Å²) >= 11 is 0. The molecule has 3 rings (SSSR count). The number of nitrogens with one attached hydrogen (secondary N) is 1. The highest BCUT2D eigenvalue weighted by atomic mass is 35.5. The monoisotopic (exact) mass is 329 g/mol. The predicted octanol–water partition coefficient (Wildman–Crippen LogP) is 3.24. The summed E-state index contributed by atoms with van der Waals surface area (Å²) in [6, 6.07) is 8.52. The third-order valence-electron chi connectivity index (χ3n) is 3.61. The first-order valence-electron chi connectivity index (χ1n) is 6.70. The van der Waals surface area contributed by atoms with E-state index in [9.17, 15) is 0 Å². The molecule has 2 heterocycles. The normalized spacial score (nSPS) is 13.7. The number of aryl methyl sites for hydroxylation is 2. The summed E-state index contributed by atoms with van der Waals surface area (Å²) in [6.45, 7) is 7.55. The fourth-order valence-electron chi connectivity index (χ4n) is 2.46. The molecule has 0 amide bonds. The van der Waals surface area contributed by atoms with Gasteiger partial charge in [-0.1, -0.05) is 18.2 Å². The molecule has 1 aromatic carbocycles. The fourth-order valence-corrected chi connectivity index (χ4v) is 2.46. The van der Waals surface area contributed by atoms with Gasteiger partial charge < -0.3 is 14.6 Å². The lowest BCUT2D eigenvalue weighted by atomic mass is 10.1. The lowest BCUT2D eigenvalue weighted by molar-refractivity contribution is 0.464. The zero-order chi connectivity index (χ0) is 13.2. The summed E-state index contributed by atoms with van der Waals surface area (Å²) < 4.78 is 5.70. The van der Waals surface area contributed by atoms with Crippen molar-refractivity contribution in [2.24, 2.45) is 0 Å². The molecule has 6 heteroatoms. The number of benzene rings is 1. The Bertz CT molecular complexity index is 567. The molecule has 1 aliphatic heterocycles. The maximum absolute atomic E-state index is 5.70. The zero-order valence-electron chi connectivity index (χ0n) is 12.3. The minimum Gasteiger partial charge on any atom is -0.444 e. The molecule has 116 valence electrons. The Kier molecular flexibility index (Phi) is 6.52. The third kappa shape index (κ3) is 3.90. The van der Waals surface area contributed by atoms with Gasteiger partial charge in [0.1, 0.15) is 5.76 Å². The largest absolute Gasteiger partial charge is 0.444 e. The van der Waals surface area contributed by atoms with Gasteiger partial charge >= 0.3 is 0 Å². The molecule has 2 aromatic rings. The van der Waals surface area contributed by atoms with Crippen molar-refractivity contribution < 1.29 is 4.42 Å². The summed E-state index contributed by atoms with van der Waals surface area (Å²) in [5, 5.41) is 3.44. The van der Waals surface area contributed by atoms with Crippen molar-refractivity contribution in [3.8, 4) is 0 Å². The van der Waals surface area contributed by atoms with E-state index < -0.39 is 0 Å². The van der Waals surface area contributed by atoms with Crippen LogP contribution in [0.15, 0.2) is 28.7 Å². The van der Waals surface area contributed by atoms with E-state index in [0.717, 1.165) is 43.5 Å². The first-order chi connectivity index (χ1) is 9.24. The molecule has 0 saturated carbocycles. The van der Waals surface area contributed by atoms with Crippen LogP contribution in [0.4, 0.5) is 5.69 Å². The Morgan fingerprint density at radius 2 is 2.00 bits per heavy atom. The number of rotatable bonds is 2. The summed E-state index contributed by atoms with van der Waals surface area (Å²) in [5.41, 5.74) is 3.59. The zero-order valence-corrected chi connectivity index (χ0v) is 13.9. The number of hydrogen-bond donors (Lipinski definition) is 1. The molecule has 1 aromatic heterocycles. The Labute approximate surface area is 137 Å². The molecule has 21 heavy (non-hydrogen) atoms. The molecule has 0 atom stereocenters. The SMILES string of the molecule is Cc1nc(CN2CCNCc3ccccc32)oc1C.Cl.Cl. The Hall–Kier alpha value is -1.23. The van der Waals surface area contributed by atoms with Gasteiger partial charge in [0.25, 0.3) is 0 Å². The maximum atomic E-state index is 5.70. The van der Waals surface area contributed by atoms with Crippen LogP contribution in [0.1, 0.15) is 22.9 Å². The van der Waals surface area contributed by atoms with E-state index in [4.69, 9.17) is 4.42 Å². The fraction of sp³-hybridized carbons (Fsp3) is 0.400. The van der Waals surface area contributed by atoms with Crippen LogP contribution in [0.5, 0.6) is 0 Å². The van der Waals surface area contributed by atoms with Crippen LogP contribution in [0.3, 0.4) is 0 Å². The van der Waals surface area contributed by atoms with Gasteiger partial charge in [0.05, 0.1) is 12.2 Å². The van der Waals surface area contributed by atoms with Crippen molar-refractivity contribution in [1.29, 1.82) is 0 Å². The van der Waals surface area contributed by atoms with Gasteiger partial charge in [0, 0.05) is 25.3 Å². The molecule has 0 unspecified atom stereocenters. The Balaban J connectivity index is 0.00000110. The molecule has 1 N–H and O–H groups in total. The van der Waals surface area contributed by atoms with E-state index in [1.807, 2.05) is 13.8 Å². The van der Waals surface area contributed by atoms with Crippen LogP contribution in [-0.4, -0.2) is 18.1 Å². The molecule has 0 bridgehead atoms. The van der Waals surface area contributed by atoms with Crippen LogP contribution in [-0.2, 0) is 13.1 Å². The van der Waals surface area contributed by atoms with Gasteiger partial charge in [-0.3, -0.25) is 0 Å². The van der Waals surface area contributed by atoms with Crippen LogP contribution in [0.25, 0.3) is 0 Å². The first-order valence-corrected chi connectivity index (χ1v) is 6.70. The molecule has 0 saturated heterocycles. The summed E-state index contributed by atoms with van der Waals surface area (Å²) in [7, 11) is 0.